The van der Waals surface area contributed by atoms with Crippen LogP contribution in [-0.4, -0.2) is 11.9 Å². The van der Waals surface area contributed by atoms with E-state index in [0.717, 1.165) is 38.5 Å². The van der Waals surface area contributed by atoms with Crippen LogP contribution in [0.3, 0.4) is 0 Å². The Kier molecular flexibility index (Phi) is 16.5. The Morgan fingerprint density at radius 1 is 0.652 bits per heavy atom. The minimum absolute atomic E-state index is 0. The van der Waals surface area contributed by atoms with Gasteiger partial charge in [-0.1, -0.05) is 54.4 Å². The molecule has 0 atom stereocenters. The molecule has 0 aromatic rings. The van der Waals surface area contributed by atoms with E-state index in [9.17, 15) is 19.8 Å². The molecule has 0 rings (SSSR count). The van der Waals surface area contributed by atoms with Crippen molar-refractivity contribution in [1.82, 2.24) is 0 Å². The first-order chi connectivity index (χ1) is 9.83. The fourth-order valence-corrected chi connectivity index (χ4v) is 1.85. The average molecular weight is 370 g/mol. The number of hydrogen-bond donors (Lipinski definition) is 0. The number of hydrogen-bond acceptors (Lipinski definition) is 4. The van der Waals surface area contributed by atoms with Crippen LogP contribution in [0.1, 0.15) is 92.9 Å². The summed E-state index contributed by atoms with van der Waals surface area (Å²) in [6.07, 6.45) is 6.04. The van der Waals surface area contributed by atoms with E-state index < -0.39 is 11.9 Å². The molecule has 0 saturated heterocycles. The van der Waals surface area contributed by atoms with Crippen LogP contribution in [0.5, 0.6) is 0 Å². The summed E-state index contributed by atoms with van der Waals surface area (Å²) in [6, 6.07) is 0. The van der Waals surface area contributed by atoms with Crippen molar-refractivity contribution in [2.45, 2.75) is 92.9 Å². The van der Waals surface area contributed by atoms with Crippen LogP contribution in [0.25, 0.3) is 0 Å². The molecule has 0 aliphatic rings. The van der Waals surface area contributed by atoms with Gasteiger partial charge in [0.15, 0.2) is 0 Å². The number of aliphatic carboxylic acids is 2. The van der Waals surface area contributed by atoms with Crippen LogP contribution in [0.4, 0.5) is 0 Å². The predicted octanol–water partition coefficient (Wildman–Crippen LogP) is 2.68. The van der Waals surface area contributed by atoms with Crippen LogP contribution in [-0.2, 0) is 26.7 Å². The number of unbranched alkanes of at least 4 members (excludes halogenated alkanes) is 2. The topological polar surface area (TPSA) is 80.3 Å². The minimum atomic E-state index is -0.932. The number of carboxylic acid groups (broad SMARTS) is 2. The predicted molar refractivity (Wildman–Crippen MR) is 85.9 cm³/mol. The summed E-state index contributed by atoms with van der Waals surface area (Å²) in [6.45, 7) is 13.0. The van der Waals surface area contributed by atoms with E-state index in [2.05, 4.69) is 41.5 Å². The van der Waals surface area contributed by atoms with Crippen molar-refractivity contribution in [3.63, 3.8) is 0 Å². The van der Waals surface area contributed by atoms with Crippen LogP contribution >= 0.6 is 0 Å². The van der Waals surface area contributed by atoms with E-state index in [1.54, 1.807) is 0 Å². The van der Waals surface area contributed by atoms with E-state index in [1.165, 1.54) is 0 Å². The first-order valence-corrected chi connectivity index (χ1v) is 8.23. The molecule has 23 heavy (non-hydrogen) atoms. The second kappa shape index (κ2) is 13.9. The second-order valence-corrected chi connectivity index (χ2v) is 8.28. The van der Waals surface area contributed by atoms with E-state index in [-0.39, 0.29) is 29.9 Å². The van der Waals surface area contributed by atoms with Gasteiger partial charge < -0.3 is 19.8 Å². The van der Waals surface area contributed by atoms with Gasteiger partial charge in [0.1, 0.15) is 0 Å². The molecule has 0 radical (unpaired) electrons. The summed E-state index contributed by atoms with van der Waals surface area (Å²) in [5.41, 5.74) is 0.651. The molecule has 0 aliphatic carbocycles. The Labute approximate surface area is 152 Å². The minimum Gasteiger partial charge on any atom is -0.550 e. The van der Waals surface area contributed by atoms with E-state index in [0.29, 0.717) is 10.8 Å². The van der Waals surface area contributed by atoms with Gasteiger partial charge in [0, 0.05) is 11.9 Å². The van der Waals surface area contributed by atoms with Crippen molar-refractivity contribution in [2.24, 2.45) is 10.8 Å². The molecule has 0 aliphatic heterocycles. The van der Waals surface area contributed by atoms with Gasteiger partial charge in [0.05, 0.1) is 0 Å². The van der Waals surface area contributed by atoms with E-state index in [4.69, 9.17) is 0 Å². The molecule has 0 saturated carbocycles. The van der Waals surface area contributed by atoms with Gasteiger partial charge >= 0.3 is 17.1 Å². The quantitative estimate of drug-likeness (QED) is 0.486. The zero-order valence-electron chi connectivity index (χ0n) is 15.6. The Bertz CT molecular complexity index is 282. The SMILES string of the molecule is CC(C)(C)CCCCC(=O)[O-].CC(C)(C)CCCCC(=O)[O-].[Fe+2]. The maximum absolute atomic E-state index is 10.0. The summed E-state index contributed by atoms with van der Waals surface area (Å²) in [4.78, 5) is 20.0. The Hall–Kier alpha value is -0.541. The molecule has 0 spiro atoms. The first kappa shape index (κ1) is 27.3. The van der Waals surface area contributed by atoms with Gasteiger partial charge in [-0.3, -0.25) is 0 Å². The van der Waals surface area contributed by atoms with E-state index in [1.807, 2.05) is 0 Å². The molecule has 0 fully saturated rings. The number of carbonyl (C=O) groups is 2. The van der Waals surface area contributed by atoms with Crippen LogP contribution in [0, 0.1) is 10.8 Å². The monoisotopic (exact) mass is 370 g/mol. The Morgan fingerprint density at radius 3 is 1.09 bits per heavy atom. The second-order valence-electron chi connectivity index (χ2n) is 8.28. The molecule has 0 aromatic carbocycles. The third kappa shape index (κ3) is 34.0. The molecule has 0 amide bonds. The summed E-state index contributed by atoms with van der Waals surface area (Å²) in [5.74, 6) is -1.86. The molecule has 0 heterocycles. The first-order valence-electron chi connectivity index (χ1n) is 8.23. The van der Waals surface area contributed by atoms with Crippen LogP contribution < -0.4 is 10.2 Å². The molecule has 0 N–H and O–H groups in total. The van der Waals surface area contributed by atoms with Crippen molar-refractivity contribution >= 4 is 11.9 Å². The summed E-state index contributed by atoms with van der Waals surface area (Å²) in [7, 11) is 0. The molecular formula is C18H34FeO4. The maximum Gasteiger partial charge on any atom is 2.00 e. The number of rotatable bonds is 8. The average Bonchev–Trinajstić information content (AvgIpc) is 2.28. The smallest absolute Gasteiger partial charge is 0.550 e. The number of carbonyl (C=O) groups excluding carboxylic acids is 2. The van der Waals surface area contributed by atoms with Crippen molar-refractivity contribution in [1.29, 1.82) is 0 Å². The van der Waals surface area contributed by atoms with Gasteiger partial charge in [-0.15, -0.1) is 0 Å². The van der Waals surface area contributed by atoms with Gasteiger partial charge in [0.25, 0.3) is 0 Å². The largest absolute Gasteiger partial charge is 2.00 e. The molecule has 138 valence electrons. The Morgan fingerprint density at radius 2 is 0.913 bits per heavy atom. The van der Waals surface area contributed by atoms with Crippen molar-refractivity contribution in [3.05, 3.63) is 0 Å². The Balaban J connectivity index is -0.000000333. The fraction of sp³-hybridized carbons (Fsp3) is 0.889. The zero-order chi connectivity index (χ0) is 17.8. The molecule has 0 unspecified atom stereocenters. The normalized spacial score (nSPS) is 11.0. The standard InChI is InChI=1S/2C9H18O2.Fe/c2*1-9(2,3)7-5-4-6-8(10)11;/h2*4-7H2,1-3H3,(H,10,11);/q;;+2/p-2. The van der Waals surface area contributed by atoms with Gasteiger partial charge in [-0.05, 0) is 49.4 Å². The molecule has 0 aromatic heterocycles. The van der Waals surface area contributed by atoms with Crippen LogP contribution in [0.15, 0.2) is 0 Å². The summed E-state index contributed by atoms with van der Waals surface area (Å²) < 4.78 is 0. The molecule has 0 bridgehead atoms. The van der Waals surface area contributed by atoms with Crippen molar-refractivity contribution in [2.75, 3.05) is 0 Å². The zero-order valence-corrected chi connectivity index (χ0v) is 16.7. The third-order valence-corrected chi connectivity index (χ3v) is 3.12. The van der Waals surface area contributed by atoms with Gasteiger partial charge in [0.2, 0.25) is 0 Å². The van der Waals surface area contributed by atoms with Crippen molar-refractivity contribution < 1.29 is 36.9 Å². The van der Waals surface area contributed by atoms with Gasteiger partial charge in [-0.2, -0.15) is 0 Å². The van der Waals surface area contributed by atoms with Crippen LogP contribution in [0.2, 0.25) is 0 Å². The number of carboxylic acids is 2. The molecule has 5 heteroatoms. The fourth-order valence-electron chi connectivity index (χ4n) is 1.85. The third-order valence-electron chi connectivity index (χ3n) is 3.12. The molecule has 4 nitrogen and oxygen atoms in total. The summed E-state index contributed by atoms with van der Waals surface area (Å²) in [5, 5.41) is 20.0. The molecular weight excluding hydrogens is 336 g/mol. The van der Waals surface area contributed by atoms with Gasteiger partial charge in [-0.25, -0.2) is 0 Å². The summed E-state index contributed by atoms with van der Waals surface area (Å²) >= 11 is 0. The van der Waals surface area contributed by atoms with E-state index >= 15 is 0 Å². The maximum atomic E-state index is 10.0. The van der Waals surface area contributed by atoms with Crippen molar-refractivity contribution in [3.8, 4) is 0 Å².